The maximum absolute atomic E-state index is 12.5. The van der Waals surface area contributed by atoms with Crippen molar-refractivity contribution < 1.29 is 14.6 Å². The van der Waals surface area contributed by atoms with Crippen LogP contribution in [0.5, 0.6) is 11.6 Å². The summed E-state index contributed by atoms with van der Waals surface area (Å²) in [5.74, 6) is -1.21. The van der Waals surface area contributed by atoms with Crippen molar-refractivity contribution in [3.8, 4) is 11.6 Å². The zero-order chi connectivity index (χ0) is 18.1. The van der Waals surface area contributed by atoms with Gasteiger partial charge in [-0.2, -0.15) is 0 Å². The van der Waals surface area contributed by atoms with Gasteiger partial charge in [-0.05, 0) is 26.3 Å². The first-order valence-electron chi connectivity index (χ1n) is 8.26. The number of aromatic nitrogens is 2. The number of ether oxygens (including phenoxy) is 1. The lowest BCUT2D eigenvalue weighted by molar-refractivity contribution is 0.0627. The van der Waals surface area contributed by atoms with Crippen LogP contribution in [0.4, 0.5) is 0 Å². The van der Waals surface area contributed by atoms with Gasteiger partial charge < -0.3 is 14.7 Å². The van der Waals surface area contributed by atoms with Crippen molar-refractivity contribution in [2.24, 2.45) is 0 Å². The van der Waals surface area contributed by atoms with Crippen molar-refractivity contribution in [2.45, 2.75) is 39.5 Å². The smallest absolute Gasteiger partial charge is 0.285 e. The van der Waals surface area contributed by atoms with Crippen LogP contribution in [0, 0.1) is 0 Å². The van der Waals surface area contributed by atoms with Gasteiger partial charge in [0.25, 0.3) is 17.2 Å². The summed E-state index contributed by atoms with van der Waals surface area (Å²) in [6.07, 6.45) is -0.411. The number of benzene rings is 1. The minimum absolute atomic E-state index is 0.0234. The van der Waals surface area contributed by atoms with Crippen LogP contribution in [-0.4, -0.2) is 38.3 Å². The Hall–Kier alpha value is -2.83. The number of carbonyl (C=O) groups excluding carboxylic acids is 1. The highest BCUT2D eigenvalue weighted by atomic mass is 16.5. The van der Waals surface area contributed by atoms with E-state index in [0.717, 1.165) is 5.56 Å². The second-order valence-electron chi connectivity index (χ2n) is 6.32. The second-order valence-corrected chi connectivity index (χ2v) is 6.32. The molecule has 0 fully saturated rings. The zero-order valence-electron chi connectivity index (χ0n) is 14.5. The Labute approximate surface area is 145 Å². The lowest BCUT2D eigenvalue weighted by Crippen LogP contribution is -2.46. The van der Waals surface area contributed by atoms with E-state index in [1.165, 1.54) is 4.68 Å². The van der Waals surface area contributed by atoms with E-state index in [0.29, 0.717) is 13.1 Å². The average molecular weight is 343 g/mol. The van der Waals surface area contributed by atoms with E-state index in [4.69, 9.17) is 4.74 Å². The third-order valence-electron chi connectivity index (χ3n) is 4.30. The molecule has 0 radical (unpaired) electrons. The highest BCUT2D eigenvalue weighted by Gasteiger charge is 2.32. The number of rotatable bonds is 4. The fourth-order valence-corrected chi connectivity index (χ4v) is 2.88. The molecule has 0 unspecified atom stereocenters. The normalized spacial score (nSPS) is 15.2. The number of carbonyl (C=O) groups is 1. The van der Waals surface area contributed by atoms with Crippen LogP contribution in [0.1, 0.15) is 42.9 Å². The fourth-order valence-electron chi connectivity index (χ4n) is 2.88. The van der Waals surface area contributed by atoms with E-state index in [2.05, 4.69) is 5.10 Å². The molecule has 7 heteroatoms. The molecule has 3 rings (SSSR count). The molecule has 7 nitrogen and oxygen atoms in total. The summed E-state index contributed by atoms with van der Waals surface area (Å²) in [4.78, 5) is 26.5. The molecule has 1 amide bonds. The summed E-state index contributed by atoms with van der Waals surface area (Å²) in [6.45, 7) is 6.42. The molecule has 0 bridgehead atoms. The number of hydrogen-bond acceptors (Lipinski definition) is 5. The highest BCUT2D eigenvalue weighted by molar-refractivity contribution is 5.95. The lowest BCUT2D eigenvalue weighted by Gasteiger charge is -2.32. The van der Waals surface area contributed by atoms with E-state index in [1.54, 1.807) is 11.8 Å². The van der Waals surface area contributed by atoms with Gasteiger partial charge in [-0.15, -0.1) is 5.10 Å². The van der Waals surface area contributed by atoms with Crippen LogP contribution in [0.15, 0.2) is 35.1 Å². The lowest BCUT2D eigenvalue weighted by atomic mass is 10.1. The predicted molar refractivity (Wildman–Crippen MR) is 91.8 cm³/mol. The standard InChI is InChI=1S/C18H21N3O4/c1-11(2)20-9-10-21-14(18(20)24)15(22)16(23)17(19-21)25-12(3)13-7-5-4-6-8-13/h4-8,11-12,22H,9-10H2,1-3H3/t12-/m1/s1. The van der Waals surface area contributed by atoms with E-state index in [-0.39, 0.29) is 17.6 Å². The molecule has 1 N–H and O–H groups in total. The molecule has 1 aromatic carbocycles. The monoisotopic (exact) mass is 343 g/mol. The Morgan fingerprint density at radius 1 is 1.12 bits per heavy atom. The van der Waals surface area contributed by atoms with Crippen LogP contribution >= 0.6 is 0 Å². The summed E-state index contributed by atoms with van der Waals surface area (Å²) < 4.78 is 7.01. The molecule has 0 saturated carbocycles. The molecule has 0 aliphatic carbocycles. The summed E-state index contributed by atoms with van der Waals surface area (Å²) in [5, 5.41) is 14.4. The first kappa shape index (κ1) is 17.0. The Balaban J connectivity index is 1.96. The predicted octanol–water partition coefficient (Wildman–Crippen LogP) is 1.95. The molecule has 1 atom stereocenters. The van der Waals surface area contributed by atoms with Gasteiger partial charge in [0.15, 0.2) is 5.69 Å². The molecule has 0 spiro atoms. The van der Waals surface area contributed by atoms with Gasteiger partial charge >= 0.3 is 0 Å². The van der Waals surface area contributed by atoms with Crippen molar-refractivity contribution in [2.75, 3.05) is 6.54 Å². The minimum atomic E-state index is -0.770. The fraction of sp³-hybridized carbons (Fsp3) is 0.389. The number of aromatic hydroxyl groups is 1. The molecule has 1 aliphatic rings. The number of hydrogen-bond donors (Lipinski definition) is 1. The zero-order valence-corrected chi connectivity index (χ0v) is 14.5. The largest absolute Gasteiger partial charge is 0.502 e. The Morgan fingerprint density at radius 3 is 2.44 bits per heavy atom. The molecule has 132 valence electrons. The third-order valence-corrected chi connectivity index (χ3v) is 4.30. The molecule has 25 heavy (non-hydrogen) atoms. The van der Waals surface area contributed by atoms with Gasteiger partial charge in [0, 0.05) is 12.6 Å². The minimum Gasteiger partial charge on any atom is -0.502 e. The maximum atomic E-state index is 12.5. The average Bonchev–Trinajstić information content (AvgIpc) is 2.59. The summed E-state index contributed by atoms with van der Waals surface area (Å²) >= 11 is 0. The van der Waals surface area contributed by atoms with Crippen LogP contribution in [0.3, 0.4) is 0 Å². The van der Waals surface area contributed by atoms with Crippen LogP contribution in [0.2, 0.25) is 0 Å². The van der Waals surface area contributed by atoms with Gasteiger partial charge in [-0.25, -0.2) is 0 Å². The van der Waals surface area contributed by atoms with Gasteiger partial charge in [0.1, 0.15) is 6.10 Å². The Morgan fingerprint density at radius 2 is 1.80 bits per heavy atom. The quantitative estimate of drug-likeness (QED) is 0.917. The van der Waals surface area contributed by atoms with Crippen LogP contribution < -0.4 is 10.2 Å². The van der Waals surface area contributed by atoms with Crippen molar-refractivity contribution >= 4 is 5.91 Å². The van der Waals surface area contributed by atoms with Gasteiger partial charge in [-0.3, -0.25) is 14.3 Å². The van der Waals surface area contributed by atoms with Crippen LogP contribution in [-0.2, 0) is 6.54 Å². The Kier molecular flexibility index (Phi) is 4.48. The molecule has 1 aliphatic heterocycles. The second kappa shape index (κ2) is 6.58. The first-order valence-corrected chi connectivity index (χ1v) is 8.26. The number of amides is 1. The molecule has 0 saturated heterocycles. The van der Waals surface area contributed by atoms with E-state index in [9.17, 15) is 14.7 Å². The maximum Gasteiger partial charge on any atom is 0.285 e. The van der Waals surface area contributed by atoms with E-state index < -0.39 is 23.2 Å². The molecular weight excluding hydrogens is 322 g/mol. The number of fused-ring (bicyclic) bond motifs is 1. The Bertz CT molecular complexity index is 845. The van der Waals surface area contributed by atoms with Gasteiger partial charge in [0.05, 0.1) is 6.54 Å². The number of nitrogens with zero attached hydrogens (tertiary/aromatic N) is 3. The van der Waals surface area contributed by atoms with Crippen molar-refractivity contribution in [1.29, 1.82) is 0 Å². The first-order chi connectivity index (χ1) is 11.9. The SMILES string of the molecule is CC(C)N1CCn2nc(O[C@H](C)c3ccccc3)c(=O)c(O)c2C1=O. The summed E-state index contributed by atoms with van der Waals surface area (Å²) in [7, 11) is 0. The molecular formula is C18H21N3O4. The third kappa shape index (κ3) is 3.09. The van der Waals surface area contributed by atoms with Gasteiger partial charge in [-0.1, -0.05) is 30.3 Å². The van der Waals surface area contributed by atoms with E-state index in [1.807, 2.05) is 44.2 Å². The molecule has 2 heterocycles. The molecule has 1 aromatic heterocycles. The van der Waals surface area contributed by atoms with Crippen molar-refractivity contribution in [3.63, 3.8) is 0 Å². The van der Waals surface area contributed by atoms with Crippen molar-refractivity contribution in [3.05, 3.63) is 51.8 Å². The van der Waals surface area contributed by atoms with Crippen LogP contribution in [0.25, 0.3) is 0 Å². The van der Waals surface area contributed by atoms with Gasteiger partial charge in [0.2, 0.25) is 5.75 Å². The topological polar surface area (TPSA) is 84.7 Å². The van der Waals surface area contributed by atoms with Crippen molar-refractivity contribution in [1.82, 2.24) is 14.7 Å². The summed E-state index contributed by atoms with van der Waals surface area (Å²) in [6, 6.07) is 9.37. The highest BCUT2D eigenvalue weighted by Crippen LogP contribution is 2.24. The van der Waals surface area contributed by atoms with E-state index >= 15 is 0 Å². The summed E-state index contributed by atoms with van der Waals surface area (Å²) in [5.41, 5.74) is 0.0330. The molecule has 2 aromatic rings.